The van der Waals surface area contributed by atoms with Gasteiger partial charge in [-0.2, -0.15) is 0 Å². The van der Waals surface area contributed by atoms with E-state index in [1.807, 2.05) is 0 Å². The SMILES string of the molecule is Cl[Si](Cl)(Cl)Cl.O.O.O.O.O. The number of hydrogen-bond acceptors (Lipinski definition) is 0. The smallest absolute Gasteiger partial charge is 0.412 e. The zero-order chi connectivity index (χ0) is 4.50. The molecule has 72 valence electrons. The van der Waals surface area contributed by atoms with Crippen LogP contribution >= 0.6 is 44.3 Å². The molecule has 5 nitrogen and oxygen atoms in total. The van der Waals surface area contributed by atoms with Gasteiger partial charge in [0, 0.05) is 0 Å². The van der Waals surface area contributed by atoms with E-state index < -0.39 is 5.31 Å². The molecule has 0 bridgehead atoms. The highest BCUT2D eigenvalue weighted by atomic mass is 36.0. The van der Waals surface area contributed by atoms with Crippen LogP contribution in [0.4, 0.5) is 0 Å². The van der Waals surface area contributed by atoms with Crippen LogP contribution < -0.4 is 0 Å². The van der Waals surface area contributed by atoms with E-state index in [0.717, 1.165) is 0 Å². The number of halogens is 4. The van der Waals surface area contributed by atoms with Crippen LogP contribution in [-0.4, -0.2) is 32.7 Å². The van der Waals surface area contributed by atoms with E-state index in [1.165, 1.54) is 0 Å². The zero-order valence-electron chi connectivity index (χ0n) is 4.51. The summed E-state index contributed by atoms with van der Waals surface area (Å²) in [4.78, 5) is 0. The monoisotopic (exact) mass is 258 g/mol. The third-order valence-corrected chi connectivity index (χ3v) is 0. The molecule has 10 heavy (non-hydrogen) atoms. The number of hydrogen-bond donors (Lipinski definition) is 0. The molecule has 0 aliphatic carbocycles. The van der Waals surface area contributed by atoms with E-state index in [1.54, 1.807) is 0 Å². The standard InChI is InChI=1S/Cl4Si.5H2O/c1-5(2,3)4;;;;;/h;5*1H2. The average Bonchev–Trinajstić information content (AvgIpc) is 0.722. The Morgan fingerprint density at radius 1 is 0.500 bits per heavy atom. The first-order chi connectivity index (χ1) is 2.00. The van der Waals surface area contributed by atoms with Crippen LogP contribution in [0.2, 0.25) is 0 Å². The fourth-order valence-corrected chi connectivity index (χ4v) is 0. The normalized spacial score (nSPS) is 6.00. The molecule has 0 aromatic rings. The van der Waals surface area contributed by atoms with Crippen molar-refractivity contribution in [3.63, 3.8) is 0 Å². The Morgan fingerprint density at radius 2 is 0.500 bits per heavy atom. The molecular formula is H10Cl4O5Si. The molecule has 10 N–H and O–H groups in total. The molecule has 0 atom stereocenters. The molecule has 0 aliphatic rings. The first-order valence-electron chi connectivity index (χ1n) is 0.756. The van der Waals surface area contributed by atoms with Crippen molar-refractivity contribution in [1.29, 1.82) is 0 Å². The third kappa shape index (κ3) is 443. The maximum atomic E-state index is 4.97. The molecule has 0 radical (unpaired) electrons. The van der Waals surface area contributed by atoms with Gasteiger partial charge in [-0.3, -0.25) is 0 Å². The lowest BCUT2D eigenvalue weighted by atomic mass is 16.0. The molecule has 0 aromatic heterocycles. The van der Waals surface area contributed by atoms with Crippen LogP contribution in [0.15, 0.2) is 0 Å². The first kappa shape index (κ1) is 43.2. The molecule has 0 fully saturated rings. The van der Waals surface area contributed by atoms with E-state index >= 15 is 0 Å². The van der Waals surface area contributed by atoms with Crippen LogP contribution in [0.5, 0.6) is 0 Å². The number of rotatable bonds is 0. The lowest BCUT2D eigenvalue weighted by Crippen LogP contribution is -1.91. The molecule has 0 aliphatic heterocycles. The molecule has 0 heterocycles. The van der Waals surface area contributed by atoms with Crippen LogP contribution in [-0.2, 0) is 0 Å². The maximum absolute atomic E-state index is 4.97. The minimum absolute atomic E-state index is 0. The molecule has 0 spiro atoms. The Bertz CT molecular complexity index is 29.1. The summed E-state index contributed by atoms with van der Waals surface area (Å²) in [7, 11) is 0. The summed E-state index contributed by atoms with van der Waals surface area (Å²) in [5, 5.41) is -2.72. The average molecular weight is 260 g/mol. The van der Waals surface area contributed by atoms with E-state index in [2.05, 4.69) is 0 Å². The van der Waals surface area contributed by atoms with Gasteiger partial charge in [0.25, 0.3) is 0 Å². The first-order valence-corrected chi connectivity index (χ1v) is 6.80. The van der Waals surface area contributed by atoms with Gasteiger partial charge < -0.3 is 27.4 Å². The van der Waals surface area contributed by atoms with Crippen molar-refractivity contribution in [2.45, 2.75) is 0 Å². The third-order valence-electron chi connectivity index (χ3n) is 0. The van der Waals surface area contributed by atoms with Crippen molar-refractivity contribution in [2.24, 2.45) is 0 Å². The fraction of sp³-hybridized carbons (Fsp3) is 0. The van der Waals surface area contributed by atoms with Gasteiger partial charge in [-0.05, 0) is 0 Å². The van der Waals surface area contributed by atoms with Crippen molar-refractivity contribution in [2.75, 3.05) is 0 Å². The Balaban J connectivity index is -0.00000000800. The van der Waals surface area contributed by atoms with Gasteiger partial charge in [0.2, 0.25) is 0 Å². The summed E-state index contributed by atoms with van der Waals surface area (Å²) in [6.07, 6.45) is 0. The molecule has 0 unspecified atom stereocenters. The highest BCUT2D eigenvalue weighted by Crippen LogP contribution is 2.23. The highest BCUT2D eigenvalue weighted by Gasteiger charge is 2.19. The van der Waals surface area contributed by atoms with Crippen LogP contribution in [0.1, 0.15) is 0 Å². The Labute approximate surface area is 77.2 Å². The van der Waals surface area contributed by atoms with Gasteiger partial charge in [0.05, 0.1) is 0 Å². The highest BCUT2D eigenvalue weighted by molar-refractivity contribution is 7.81. The predicted molar refractivity (Wildman–Crippen MR) is 47.2 cm³/mol. The van der Waals surface area contributed by atoms with Crippen molar-refractivity contribution >= 4 is 49.6 Å². The Morgan fingerprint density at radius 3 is 0.500 bits per heavy atom. The summed E-state index contributed by atoms with van der Waals surface area (Å²) in [6, 6.07) is 0. The Kier molecular flexibility index (Phi) is 71.9. The van der Waals surface area contributed by atoms with Gasteiger partial charge in [-0.1, -0.05) is 0 Å². The molecule has 10 heteroatoms. The van der Waals surface area contributed by atoms with Gasteiger partial charge in [-0.15, -0.1) is 44.3 Å². The molecule has 0 saturated heterocycles. The molecule has 0 aromatic carbocycles. The molecule has 0 saturated carbocycles. The summed E-state index contributed by atoms with van der Waals surface area (Å²) >= 11 is 19.9. The second-order valence-electron chi connectivity index (χ2n) is 0.429. The largest absolute Gasteiger partial charge is 0.440 e. The predicted octanol–water partition coefficient (Wildman–Crippen LogP) is -1.75. The van der Waals surface area contributed by atoms with Gasteiger partial charge in [0.15, 0.2) is 0 Å². The quantitative estimate of drug-likeness (QED) is 0.357. The summed E-state index contributed by atoms with van der Waals surface area (Å²) in [5.41, 5.74) is 0. The van der Waals surface area contributed by atoms with Crippen molar-refractivity contribution in [3.8, 4) is 0 Å². The molecule has 0 amide bonds. The summed E-state index contributed by atoms with van der Waals surface area (Å²) in [6.45, 7) is 0. The fourth-order valence-electron chi connectivity index (χ4n) is 0. The van der Waals surface area contributed by atoms with E-state index in [9.17, 15) is 0 Å². The van der Waals surface area contributed by atoms with Crippen molar-refractivity contribution < 1.29 is 27.4 Å². The van der Waals surface area contributed by atoms with E-state index in [-0.39, 0.29) is 27.4 Å². The van der Waals surface area contributed by atoms with Crippen molar-refractivity contribution in [3.05, 3.63) is 0 Å². The van der Waals surface area contributed by atoms with Crippen molar-refractivity contribution in [1.82, 2.24) is 0 Å². The molecule has 0 rings (SSSR count). The lowest BCUT2D eigenvalue weighted by molar-refractivity contribution is 0.823. The minimum Gasteiger partial charge on any atom is -0.412 e. The summed E-state index contributed by atoms with van der Waals surface area (Å²) < 4.78 is 0. The lowest BCUT2D eigenvalue weighted by Gasteiger charge is -1.85. The topological polar surface area (TPSA) is 158 Å². The van der Waals surface area contributed by atoms with Crippen LogP contribution in [0, 0.1) is 0 Å². The summed E-state index contributed by atoms with van der Waals surface area (Å²) in [5.74, 6) is 0. The van der Waals surface area contributed by atoms with Crippen LogP contribution in [0.3, 0.4) is 0 Å². The van der Waals surface area contributed by atoms with E-state index in [0.29, 0.717) is 0 Å². The second-order valence-corrected chi connectivity index (χ2v) is 11.6. The molecular weight excluding hydrogens is 250 g/mol. The van der Waals surface area contributed by atoms with Crippen LogP contribution in [0.25, 0.3) is 0 Å². The Hall–Kier alpha value is 1.18. The zero-order valence-corrected chi connectivity index (χ0v) is 8.54. The second kappa shape index (κ2) is 16.6. The van der Waals surface area contributed by atoms with Gasteiger partial charge >= 0.3 is 5.31 Å². The van der Waals surface area contributed by atoms with E-state index in [4.69, 9.17) is 44.3 Å². The van der Waals surface area contributed by atoms with Gasteiger partial charge in [0.1, 0.15) is 0 Å². The minimum atomic E-state index is -2.72. The van der Waals surface area contributed by atoms with Gasteiger partial charge in [-0.25, -0.2) is 0 Å². The maximum Gasteiger partial charge on any atom is 0.440 e.